The van der Waals surface area contributed by atoms with E-state index in [1.54, 1.807) is 13.2 Å². The SMILES string of the molecule is CCCNc1nc(C)cc(C(=O)NCc2ccccc2OC)n1. The summed E-state index contributed by atoms with van der Waals surface area (Å²) in [7, 11) is 1.61. The minimum Gasteiger partial charge on any atom is -0.496 e. The van der Waals surface area contributed by atoms with Gasteiger partial charge >= 0.3 is 0 Å². The number of benzene rings is 1. The number of aromatic nitrogens is 2. The molecule has 0 atom stereocenters. The number of hydrogen-bond donors (Lipinski definition) is 2. The van der Waals surface area contributed by atoms with Crippen LogP contribution < -0.4 is 15.4 Å². The van der Waals surface area contributed by atoms with Gasteiger partial charge in [-0.25, -0.2) is 9.97 Å². The smallest absolute Gasteiger partial charge is 0.270 e. The molecule has 0 saturated heterocycles. The van der Waals surface area contributed by atoms with Crippen molar-refractivity contribution in [2.75, 3.05) is 19.0 Å². The van der Waals surface area contributed by atoms with Crippen molar-refractivity contribution in [3.05, 3.63) is 47.3 Å². The van der Waals surface area contributed by atoms with Crippen molar-refractivity contribution in [3.8, 4) is 5.75 Å². The van der Waals surface area contributed by atoms with Crippen LogP contribution in [0.5, 0.6) is 5.75 Å². The number of carbonyl (C=O) groups is 1. The molecule has 1 aromatic heterocycles. The Morgan fingerprint density at radius 2 is 2.04 bits per heavy atom. The topological polar surface area (TPSA) is 76.1 Å². The van der Waals surface area contributed by atoms with Crippen LogP contribution in [-0.4, -0.2) is 29.5 Å². The Bertz CT molecular complexity index is 673. The van der Waals surface area contributed by atoms with Crippen LogP contribution in [0.1, 0.15) is 35.1 Å². The summed E-state index contributed by atoms with van der Waals surface area (Å²) in [6, 6.07) is 9.26. The lowest BCUT2D eigenvalue weighted by Gasteiger charge is -2.10. The van der Waals surface area contributed by atoms with E-state index in [9.17, 15) is 4.79 Å². The molecule has 0 aliphatic rings. The number of carbonyl (C=O) groups excluding carboxylic acids is 1. The number of nitrogens with one attached hydrogen (secondary N) is 2. The van der Waals surface area contributed by atoms with Gasteiger partial charge in [0.05, 0.1) is 7.11 Å². The second kappa shape index (κ2) is 8.12. The number of amides is 1. The van der Waals surface area contributed by atoms with Gasteiger partial charge in [-0.2, -0.15) is 0 Å². The van der Waals surface area contributed by atoms with Crippen molar-refractivity contribution in [3.63, 3.8) is 0 Å². The van der Waals surface area contributed by atoms with Gasteiger partial charge in [-0.3, -0.25) is 4.79 Å². The molecule has 2 aromatic rings. The highest BCUT2D eigenvalue weighted by atomic mass is 16.5. The van der Waals surface area contributed by atoms with Gasteiger partial charge in [0.25, 0.3) is 5.91 Å². The maximum Gasteiger partial charge on any atom is 0.270 e. The molecule has 23 heavy (non-hydrogen) atoms. The molecule has 1 aromatic carbocycles. The number of anilines is 1. The van der Waals surface area contributed by atoms with E-state index in [2.05, 4.69) is 27.5 Å². The third-order valence-electron chi connectivity index (χ3n) is 3.25. The summed E-state index contributed by atoms with van der Waals surface area (Å²) >= 11 is 0. The molecule has 0 radical (unpaired) electrons. The molecule has 0 spiro atoms. The maximum absolute atomic E-state index is 12.3. The lowest BCUT2D eigenvalue weighted by atomic mass is 10.2. The maximum atomic E-state index is 12.3. The van der Waals surface area contributed by atoms with Gasteiger partial charge in [0.1, 0.15) is 11.4 Å². The van der Waals surface area contributed by atoms with Crippen molar-refractivity contribution in [1.82, 2.24) is 15.3 Å². The van der Waals surface area contributed by atoms with Crippen LogP contribution in [0.4, 0.5) is 5.95 Å². The first-order valence-electron chi connectivity index (χ1n) is 7.63. The van der Waals surface area contributed by atoms with Crippen LogP contribution in [0.2, 0.25) is 0 Å². The monoisotopic (exact) mass is 314 g/mol. The average Bonchev–Trinajstić information content (AvgIpc) is 2.57. The molecule has 0 aliphatic heterocycles. The van der Waals surface area contributed by atoms with E-state index >= 15 is 0 Å². The van der Waals surface area contributed by atoms with Crippen LogP contribution in [0, 0.1) is 6.92 Å². The van der Waals surface area contributed by atoms with Crippen molar-refractivity contribution in [2.45, 2.75) is 26.8 Å². The van der Waals surface area contributed by atoms with Gasteiger partial charge < -0.3 is 15.4 Å². The van der Waals surface area contributed by atoms with Gasteiger partial charge in [-0.05, 0) is 25.5 Å². The highest BCUT2D eigenvalue weighted by molar-refractivity contribution is 5.92. The molecule has 2 N–H and O–H groups in total. The zero-order valence-electron chi connectivity index (χ0n) is 13.7. The number of methoxy groups -OCH3 is 1. The van der Waals surface area contributed by atoms with E-state index in [1.165, 1.54) is 0 Å². The minimum absolute atomic E-state index is 0.235. The van der Waals surface area contributed by atoms with Gasteiger partial charge in [0, 0.05) is 24.3 Å². The van der Waals surface area contributed by atoms with Gasteiger partial charge in [0.2, 0.25) is 5.95 Å². The first-order valence-corrected chi connectivity index (χ1v) is 7.63. The van der Waals surface area contributed by atoms with Crippen LogP contribution >= 0.6 is 0 Å². The van der Waals surface area contributed by atoms with Gasteiger partial charge in [-0.1, -0.05) is 25.1 Å². The number of para-hydroxylation sites is 1. The number of nitrogens with zero attached hydrogens (tertiary/aromatic N) is 2. The molecule has 0 saturated carbocycles. The van der Waals surface area contributed by atoms with E-state index in [-0.39, 0.29) is 5.91 Å². The normalized spacial score (nSPS) is 10.2. The fourth-order valence-corrected chi connectivity index (χ4v) is 2.12. The lowest BCUT2D eigenvalue weighted by molar-refractivity contribution is 0.0945. The highest BCUT2D eigenvalue weighted by Crippen LogP contribution is 2.16. The second-order valence-electron chi connectivity index (χ2n) is 5.14. The van der Waals surface area contributed by atoms with E-state index in [4.69, 9.17) is 4.74 Å². The summed E-state index contributed by atoms with van der Waals surface area (Å²) in [5, 5.41) is 5.96. The number of aryl methyl sites for hydroxylation is 1. The largest absolute Gasteiger partial charge is 0.496 e. The summed E-state index contributed by atoms with van der Waals surface area (Å²) in [4.78, 5) is 20.9. The summed E-state index contributed by atoms with van der Waals surface area (Å²) < 4.78 is 5.28. The first kappa shape index (κ1) is 16.7. The summed E-state index contributed by atoms with van der Waals surface area (Å²) in [5.74, 6) is 0.993. The molecule has 1 heterocycles. The van der Waals surface area contributed by atoms with Crippen molar-refractivity contribution in [1.29, 1.82) is 0 Å². The Kier molecular flexibility index (Phi) is 5.91. The highest BCUT2D eigenvalue weighted by Gasteiger charge is 2.11. The summed E-state index contributed by atoms with van der Waals surface area (Å²) in [5.41, 5.74) is 2.02. The number of rotatable bonds is 7. The van der Waals surface area contributed by atoms with E-state index in [0.29, 0.717) is 18.2 Å². The Morgan fingerprint density at radius 1 is 1.26 bits per heavy atom. The van der Waals surface area contributed by atoms with Crippen molar-refractivity contribution >= 4 is 11.9 Å². The van der Waals surface area contributed by atoms with Gasteiger partial charge in [0.15, 0.2) is 0 Å². The van der Waals surface area contributed by atoms with E-state index in [1.807, 2.05) is 31.2 Å². The number of hydrogen-bond acceptors (Lipinski definition) is 5. The van der Waals surface area contributed by atoms with Crippen LogP contribution in [-0.2, 0) is 6.54 Å². The van der Waals surface area contributed by atoms with Crippen LogP contribution in [0.3, 0.4) is 0 Å². The Hall–Kier alpha value is -2.63. The molecule has 0 aliphatic carbocycles. The Labute approximate surface area is 136 Å². The third kappa shape index (κ3) is 4.67. The van der Waals surface area contributed by atoms with Crippen molar-refractivity contribution in [2.24, 2.45) is 0 Å². The second-order valence-corrected chi connectivity index (χ2v) is 5.14. The zero-order valence-corrected chi connectivity index (χ0v) is 13.7. The molecular formula is C17H22N4O2. The molecular weight excluding hydrogens is 292 g/mol. The summed E-state index contributed by atoms with van der Waals surface area (Å²) in [6.45, 7) is 5.05. The predicted molar refractivity (Wildman–Crippen MR) is 89.7 cm³/mol. The first-order chi connectivity index (χ1) is 11.1. The fourth-order valence-electron chi connectivity index (χ4n) is 2.12. The minimum atomic E-state index is -0.235. The van der Waals surface area contributed by atoms with E-state index in [0.717, 1.165) is 30.0 Å². The van der Waals surface area contributed by atoms with Crippen molar-refractivity contribution < 1.29 is 9.53 Å². The molecule has 6 nitrogen and oxygen atoms in total. The van der Waals surface area contributed by atoms with Crippen LogP contribution in [0.15, 0.2) is 30.3 Å². The molecule has 0 bridgehead atoms. The predicted octanol–water partition coefficient (Wildman–Crippen LogP) is 2.55. The standard InChI is InChI=1S/C17H22N4O2/c1-4-9-18-17-20-12(2)10-14(21-17)16(22)19-11-13-7-5-6-8-15(13)23-3/h5-8,10H,4,9,11H2,1-3H3,(H,19,22)(H,18,20,21). The fraction of sp³-hybridized carbons (Fsp3) is 0.353. The van der Waals surface area contributed by atoms with Crippen LogP contribution in [0.25, 0.3) is 0 Å². The molecule has 2 rings (SSSR count). The van der Waals surface area contributed by atoms with Gasteiger partial charge in [-0.15, -0.1) is 0 Å². The Morgan fingerprint density at radius 3 is 2.78 bits per heavy atom. The Balaban J connectivity index is 2.07. The average molecular weight is 314 g/mol. The van der Waals surface area contributed by atoms with E-state index < -0.39 is 0 Å². The molecule has 0 unspecified atom stereocenters. The molecule has 0 fully saturated rings. The molecule has 122 valence electrons. The number of ether oxygens (including phenoxy) is 1. The summed E-state index contributed by atoms with van der Waals surface area (Å²) in [6.07, 6.45) is 0.965. The quantitative estimate of drug-likeness (QED) is 0.821. The lowest BCUT2D eigenvalue weighted by Crippen LogP contribution is -2.25. The molecule has 6 heteroatoms. The third-order valence-corrected chi connectivity index (χ3v) is 3.25. The molecule has 1 amide bonds. The zero-order chi connectivity index (χ0) is 16.7.